The summed E-state index contributed by atoms with van der Waals surface area (Å²) in [4.78, 5) is 4.88. The normalized spacial score (nSPS) is 25.0. The molecule has 1 aliphatic heterocycles. The molecule has 0 aromatic heterocycles. The van der Waals surface area contributed by atoms with Gasteiger partial charge < -0.3 is 14.9 Å². The average Bonchev–Trinajstić information content (AvgIpc) is 2.60. The van der Waals surface area contributed by atoms with Crippen molar-refractivity contribution in [1.29, 1.82) is 0 Å². The second kappa shape index (κ2) is 6.46. The van der Waals surface area contributed by atoms with Crippen molar-refractivity contribution in [3.63, 3.8) is 0 Å². The highest BCUT2D eigenvalue weighted by Crippen LogP contribution is 2.14. The minimum Gasteiger partial charge on any atom is -0.393 e. The van der Waals surface area contributed by atoms with Crippen LogP contribution in [0.3, 0.4) is 0 Å². The third-order valence-corrected chi connectivity index (χ3v) is 3.32. The molecule has 2 unspecified atom stereocenters. The standard InChI is InChI=1S/C12H26N2O/c1-11(15)6-4-5-8-14-9-7-12(10-14)13(2)3/h11-12,15H,4-10H2,1-3H3. The van der Waals surface area contributed by atoms with Crippen LogP contribution in [-0.4, -0.2) is 60.8 Å². The average molecular weight is 214 g/mol. The van der Waals surface area contributed by atoms with E-state index in [1.54, 1.807) is 0 Å². The number of hydrogen-bond acceptors (Lipinski definition) is 3. The predicted octanol–water partition coefficient (Wildman–Crippen LogP) is 1.17. The first kappa shape index (κ1) is 12.9. The zero-order valence-electron chi connectivity index (χ0n) is 10.4. The Morgan fingerprint density at radius 2 is 2.13 bits per heavy atom. The fourth-order valence-corrected chi connectivity index (χ4v) is 2.21. The molecule has 1 fully saturated rings. The van der Waals surface area contributed by atoms with Gasteiger partial charge in [-0.1, -0.05) is 0 Å². The molecule has 3 nitrogen and oxygen atoms in total. The van der Waals surface area contributed by atoms with E-state index in [0.29, 0.717) is 0 Å². The van der Waals surface area contributed by atoms with Gasteiger partial charge >= 0.3 is 0 Å². The molecule has 0 aliphatic carbocycles. The minimum atomic E-state index is -0.127. The first-order chi connectivity index (χ1) is 7.09. The molecule has 3 heteroatoms. The quantitative estimate of drug-likeness (QED) is 0.673. The molecule has 0 saturated carbocycles. The van der Waals surface area contributed by atoms with Crippen molar-refractivity contribution in [3.05, 3.63) is 0 Å². The van der Waals surface area contributed by atoms with Crippen molar-refractivity contribution >= 4 is 0 Å². The van der Waals surface area contributed by atoms with Crippen LogP contribution in [0, 0.1) is 0 Å². The third-order valence-electron chi connectivity index (χ3n) is 3.32. The van der Waals surface area contributed by atoms with Gasteiger partial charge in [-0.2, -0.15) is 0 Å². The highest BCUT2D eigenvalue weighted by Gasteiger charge is 2.22. The summed E-state index contributed by atoms with van der Waals surface area (Å²) in [5.74, 6) is 0. The Labute approximate surface area is 94.1 Å². The molecule has 1 heterocycles. The maximum absolute atomic E-state index is 9.14. The summed E-state index contributed by atoms with van der Waals surface area (Å²) in [7, 11) is 4.34. The Hall–Kier alpha value is -0.120. The topological polar surface area (TPSA) is 26.7 Å². The molecule has 90 valence electrons. The van der Waals surface area contributed by atoms with Crippen LogP contribution in [0.1, 0.15) is 32.6 Å². The maximum atomic E-state index is 9.14. The van der Waals surface area contributed by atoms with E-state index in [4.69, 9.17) is 5.11 Å². The highest BCUT2D eigenvalue weighted by atomic mass is 16.3. The van der Waals surface area contributed by atoms with Crippen molar-refractivity contribution in [3.8, 4) is 0 Å². The van der Waals surface area contributed by atoms with E-state index >= 15 is 0 Å². The number of aliphatic hydroxyl groups excluding tert-OH is 1. The molecule has 2 atom stereocenters. The monoisotopic (exact) mass is 214 g/mol. The number of aliphatic hydroxyl groups is 1. The largest absolute Gasteiger partial charge is 0.393 e. The summed E-state index contributed by atoms with van der Waals surface area (Å²) in [6, 6.07) is 0.752. The molecule has 0 radical (unpaired) electrons. The highest BCUT2D eigenvalue weighted by molar-refractivity contribution is 4.80. The number of likely N-dealkylation sites (tertiary alicyclic amines) is 1. The molecule has 1 saturated heterocycles. The van der Waals surface area contributed by atoms with Crippen LogP contribution >= 0.6 is 0 Å². The van der Waals surface area contributed by atoms with Crippen molar-refractivity contribution < 1.29 is 5.11 Å². The molecule has 1 rings (SSSR count). The summed E-state index contributed by atoms with van der Waals surface area (Å²) >= 11 is 0. The Morgan fingerprint density at radius 1 is 1.40 bits per heavy atom. The van der Waals surface area contributed by atoms with Crippen molar-refractivity contribution in [2.45, 2.75) is 44.8 Å². The van der Waals surface area contributed by atoms with Crippen LogP contribution in [0.4, 0.5) is 0 Å². The Balaban J connectivity index is 2.04. The lowest BCUT2D eigenvalue weighted by molar-refractivity contribution is 0.177. The molecule has 15 heavy (non-hydrogen) atoms. The zero-order valence-corrected chi connectivity index (χ0v) is 10.4. The Bertz CT molecular complexity index is 171. The molecule has 0 aromatic carbocycles. The SMILES string of the molecule is CC(O)CCCCN1CCC(N(C)C)C1. The third kappa shape index (κ3) is 4.96. The van der Waals surface area contributed by atoms with Crippen LogP contribution in [0.15, 0.2) is 0 Å². The first-order valence-corrected chi connectivity index (χ1v) is 6.16. The molecule has 0 bridgehead atoms. The summed E-state index contributed by atoms with van der Waals surface area (Å²) in [6.07, 6.45) is 4.51. The molecule has 0 spiro atoms. The molecular weight excluding hydrogens is 188 g/mol. The van der Waals surface area contributed by atoms with E-state index in [-0.39, 0.29) is 6.10 Å². The molecular formula is C12H26N2O. The summed E-state index contributed by atoms with van der Waals surface area (Å²) in [5, 5.41) is 9.14. The van der Waals surface area contributed by atoms with Crippen molar-refractivity contribution in [1.82, 2.24) is 9.80 Å². The second-order valence-electron chi connectivity index (χ2n) is 5.05. The summed E-state index contributed by atoms with van der Waals surface area (Å²) < 4.78 is 0. The number of nitrogens with zero attached hydrogens (tertiary/aromatic N) is 2. The zero-order chi connectivity index (χ0) is 11.3. The van der Waals surface area contributed by atoms with Crippen molar-refractivity contribution in [2.75, 3.05) is 33.7 Å². The van der Waals surface area contributed by atoms with Gasteiger partial charge in [-0.3, -0.25) is 0 Å². The number of rotatable bonds is 6. The van der Waals surface area contributed by atoms with E-state index in [9.17, 15) is 0 Å². The van der Waals surface area contributed by atoms with Gasteiger partial charge in [-0.05, 0) is 59.8 Å². The summed E-state index contributed by atoms with van der Waals surface area (Å²) in [5.41, 5.74) is 0. The Kier molecular flexibility index (Phi) is 5.58. The van der Waals surface area contributed by atoms with Gasteiger partial charge in [0.15, 0.2) is 0 Å². The Morgan fingerprint density at radius 3 is 2.67 bits per heavy atom. The van der Waals surface area contributed by atoms with Gasteiger partial charge in [0.2, 0.25) is 0 Å². The molecule has 0 aromatic rings. The maximum Gasteiger partial charge on any atom is 0.0512 e. The van der Waals surface area contributed by atoms with E-state index in [2.05, 4.69) is 23.9 Å². The van der Waals surface area contributed by atoms with E-state index < -0.39 is 0 Å². The second-order valence-corrected chi connectivity index (χ2v) is 5.05. The van der Waals surface area contributed by atoms with E-state index in [1.807, 2.05) is 6.92 Å². The lowest BCUT2D eigenvalue weighted by atomic mass is 10.2. The van der Waals surface area contributed by atoms with Gasteiger partial charge in [-0.15, -0.1) is 0 Å². The van der Waals surface area contributed by atoms with Crippen LogP contribution in [0.5, 0.6) is 0 Å². The van der Waals surface area contributed by atoms with Gasteiger partial charge in [-0.25, -0.2) is 0 Å². The van der Waals surface area contributed by atoms with Crippen LogP contribution in [0.25, 0.3) is 0 Å². The lowest BCUT2D eigenvalue weighted by Crippen LogP contribution is -2.31. The number of likely N-dealkylation sites (N-methyl/N-ethyl adjacent to an activating group) is 1. The lowest BCUT2D eigenvalue weighted by Gasteiger charge is -2.20. The van der Waals surface area contributed by atoms with Crippen LogP contribution in [-0.2, 0) is 0 Å². The fraction of sp³-hybridized carbons (Fsp3) is 1.00. The fourth-order valence-electron chi connectivity index (χ4n) is 2.21. The van der Waals surface area contributed by atoms with Gasteiger partial charge in [0.05, 0.1) is 6.10 Å². The summed E-state index contributed by atoms with van der Waals surface area (Å²) in [6.45, 7) is 5.55. The number of unbranched alkanes of at least 4 members (excludes halogenated alkanes) is 1. The van der Waals surface area contributed by atoms with Crippen LogP contribution < -0.4 is 0 Å². The van der Waals surface area contributed by atoms with Crippen LogP contribution in [0.2, 0.25) is 0 Å². The van der Waals surface area contributed by atoms with Gasteiger partial charge in [0.1, 0.15) is 0 Å². The van der Waals surface area contributed by atoms with Crippen molar-refractivity contribution in [2.24, 2.45) is 0 Å². The minimum absolute atomic E-state index is 0.127. The molecule has 0 amide bonds. The van der Waals surface area contributed by atoms with E-state index in [1.165, 1.54) is 32.5 Å². The molecule has 1 N–H and O–H groups in total. The first-order valence-electron chi connectivity index (χ1n) is 6.16. The van der Waals surface area contributed by atoms with Gasteiger partial charge in [0, 0.05) is 12.6 Å². The predicted molar refractivity (Wildman–Crippen MR) is 64.1 cm³/mol. The number of hydrogen-bond donors (Lipinski definition) is 1. The smallest absolute Gasteiger partial charge is 0.0512 e. The van der Waals surface area contributed by atoms with Gasteiger partial charge in [0.25, 0.3) is 0 Å². The van der Waals surface area contributed by atoms with E-state index in [0.717, 1.165) is 18.9 Å². The molecule has 1 aliphatic rings.